The zero-order chi connectivity index (χ0) is 18.7. The number of amides is 1. The standard InChI is InChI=1S/C21H22N4O/c1-13-9-7-11-18(15(13)3)24-20-12-19(22-16(4)23-20)21(26)25-17-10-6-5-8-14(17)2/h5-12H,1-4H3,(H,25,26)(H,22,23,24). The Balaban J connectivity index is 1.86. The van der Waals surface area contributed by atoms with E-state index in [1.807, 2.05) is 43.3 Å². The summed E-state index contributed by atoms with van der Waals surface area (Å²) in [6, 6.07) is 15.4. The fourth-order valence-electron chi connectivity index (χ4n) is 2.67. The Labute approximate surface area is 153 Å². The van der Waals surface area contributed by atoms with Crippen LogP contribution in [-0.4, -0.2) is 15.9 Å². The molecule has 132 valence electrons. The Morgan fingerprint density at radius 3 is 2.31 bits per heavy atom. The Kier molecular flexibility index (Phi) is 4.98. The molecule has 1 aromatic heterocycles. The van der Waals surface area contributed by atoms with Crippen molar-refractivity contribution >= 4 is 23.1 Å². The first kappa shape index (κ1) is 17.6. The van der Waals surface area contributed by atoms with E-state index in [-0.39, 0.29) is 5.91 Å². The number of aryl methyl sites for hydroxylation is 3. The number of benzene rings is 2. The molecule has 26 heavy (non-hydrogen) atoms. The van der Waals surface area contributed by atoms with E-state index in [9.17, 15) is 4.79 Å². The molecule has 0 aliphatic heterocycles. The minimum absolute atomic E-state index is 0.256. The van der Waals surface area contributed by atoms with Crippen molar-refractivity contribution in [2.75, 3.05) is 10.6 Å². The van der Waals surface area contributed by atoms with Crippen molar-refractivity contribution in [1.82, 2.24) is 9.97 Å². The Hall–Kier alpha value is -3.21. The number of aromatic nitrogens is 2. The third kappa shape index (κ3) is 3.88. The summed E-state index contributed by atoms with van der Waals surface area (Å²) >= 11 is 0. The van der Waals surface area contributed by atoms with Crippen LogP contribution in [0.4, 0.5) is 17.2 Å². The van der Waals surface area contributed by atoms with Gasteiger partial charge < -0.3 is 10.6 Å². The van der Waals surface area contributed by atoms with Crippen LogP contribution in [0.15, 0.2) is 48.5 Å². The molecule has 0 fully saturated rings. The predicted molar refractivity (Wildman–Crippen MR) is 105 cm³/mol. The third-order valence-corrected chi connectivity index (χ3v) is 4.33. The van der Waals surface area contributed by atoms with Gasteiger partial charge in [0.2, 0.25) is 0 Å². The van der Waals surface area contributed by atoms with E-state index >= 15 is 0 Å². The van der Waals surface area contributed by atoms with Crippen molar-refractivity contribution < 1.29 is 4.79 Å². The normalized spacial score (nSPS) is 10.5. The quantitative estimate of drug-likeness (QED) is 0.718. The molecule has 2 N–H and O–H groups in total. The predicted octanol–water partition coefficient (Wildman–Crippen LogP) is 4.71. The lowest BCUT2D eigenvalue weighted by molar-refractivity contribution is 0.102. The van der Waals surface area contributed by atoms with Gasteiger partial charge in [0.15, 0.2) is 0 Å². The summed E-state index contributed by atoms with van der Waals surface area (Å²) in [7, 11) is 0. The first-order valence-corrected chi connectivity index (χ1v) is 8.50. The summed E-state index contributed by atoms with van der Waals surface area (Å²) in [6.45, 7) is 7.84. The van der Waals surface area contributed by atoms with E-state index in [2.05, 4.69) is 40.5 Å². The molecule has 3 rings (SSSR count). The molecule has 0 atom stereocenters. The zero-order valence-corrected chi connectivity index (χ0v) is 15.4. The smallest absolute Gasteiger partial charge is 0.274 e. The molecule has 0 saturated carbocycles. The van der Waals surface area contributed by atoms with Gasteiger partial charge in [-0.3, -0.25) is 4.79 Å². The minimum Gasteiger partial charge on any atom is -0.340 e. The summed E-state index contributed by atoms with van der Waals surface area (Å²) in [5, 5.41) is 6.20. The van der Waals surface area contributed by atoms with Gasteiger partial charge in [-0.15, -0.1) is 0 Å². The SMILES string of the molecule is Cc1nc(Nc2cccc(C)c2C)cc(C(=O)Nc2ccccc2C)n1. The van der Waals surface area contributed by atoms with Gasteiger partial charge in [-0.25, -0.2) is 9.97 Å². The van der Waals surface area contributed by atoms with Crippen molar-refractivity contribution in [3.63, 3.8) is 0 Å². The van der Waals surface area contributed by atoms with Gasteiger partial charge in [0.05, 0.1) is 0 Å². The molecule has 0 saturated heterocycles. The lowest BCUT2D eigenvalue weighted by atomic mass is 10.1. The molecule has 0 radical (unpaired) electrons. The number of para-hydroxylation sites is 1. The van der Waals surface area contributed by atoms with E-state index in [1.54, 1.807) is 13.0 Å². The van der Waals surface area contributed by atoms with Crippen molar-refractivity contribution in [3.8, 4) is 0 Å². The van der Waals surface area contributed by atoms with E-state index in [4.69, 9.17) is 0 Å². The van der Waals surface area contributed by atoms with Crippen LogP contribution >= 0.6 is 0 Å². The molecule has 1 heterocycles. The summed E-state index contributed by atoms with van der Waals surface area (Å²) in [4.78, 5) is 21.3. The van der Waals surface area contributed by atoms with Gasteiger partial charge in [-0.1, -0.05) is 30.3 Å². The molecule has 0 unspecified atom stereocenters. The van der Waals surface area contributed by atoms with Crippen LogP contribution in [-0.2, 0) is 0 Å². The van der Waals surface area contributed by atoms with Crippen molar-refractivity contribution in [2.24, 2.45) is 0 Å². The highest BCUT2D eigenvalue weighted by molar-refractivity contribution is 6.03. The maximum Gasteiger partial charge on any atom is 0.274 e. The van der Waals surface area contributed by atoms with Gasteiger partial charge in [-0.05, 0) is 56.5 Å². The summed E-state index contributed by atoms with van der Waals surface area (Å²) in [5.41, 5.74) is 5.41. The van der Waals surface area contributed by atoms with Crippen molar-refractivity contribution in [2.45, 2.75) is 27.7 Å². The average Bonchev–Trinajstić information content (AvgIpc) is 2.60. The second kappa shape index (κ2) is 7.35. The monoisotopic (exact) mass is 346 g/mol. The van der Waals surface area contributed by atoms with Gasteiger partial charge in [0, 0.05) is 17.4 Å². The molecule has 5 nitrogen and oxygen atoms in total. The summed E-state index contributed by atoms with van der Waals surface area (Å²) < 4.78 is 0. The fraction of sp³-hybridized carbons (Fsp3) is 0.190. The van der Waals surface area contributed by atoms with Crippen LogP contribution in [0.5, 0.6) is 0 Å². The number of carbonyl (C=O) groups is 1. The van der Waals surface area contributed by atoms with Crippen LogP contribution < -0.4 is 10.6 Å². The Morgan fingerprint density at radius 2 is 1.54 bits per heavy atom. The maximum absolute atomic E-state index is 12.6. The third-order valence-electron chi connectivity index (χ3n) is 4.33. The van der Waals surface area contributed by atoms with Crippen LogP contribution in [0.3, 0.4) is 0 Å². The van der Waals surface area contributed by atoms with Gasteiger partial charge >= 0.3 is 0 Å². The molecule has 3 aromatic rings. The molecule has 0 aliphatic carbocycles. The topological polar surface area (TPSA) is 66.9 Å². The lowest BCUT2D eigenvalue weighted by Gasteiger charge is -2.13. The second-order valence-electron chi connectivity index (χ2n) is 6.33. The molecule has 0 aliphatic rings. The number of nitrogens with one attached hydrogen (secondary N) is 2. The largest absolute Gasteiger partial charge is 0.340 e. The highest BCUT2D eigenvalue weighted by Crippen LogP contribution is 2.22. The number of nitrogens with zero attached hydrogens (tertiary/aromatic N) is 2. The van der Waals surface area contributed by atoms with Gasteiger partial charge in [0.1, 0.15) is 17.3 Å². The number of carbonyl (C=O) groups excluding carboxylic acids is 1. The van der Waals surface area contributed by atoms with Gasteiger partial charge in [-0.2, -0.15) is 0 Å². The average molecular weight is 346 g/mol. The first-order chi connectivity index (χ1) is 12.4. The van der Waals surface area contributed by atoms with Crippen LogP contribution in [0.1, 0.15) is 33.0 Å². The zero-order valence-electron chi connectivity index (χ0n) is 15.4. The molecule has 0 bridgehead atoms. The van der Waals surface area contributed by atoms with Crippen LogP contribution in [0.25, 0.3) is 0 Å². The molecular weight excluding hydrogens is 324 g/mol. The molecule has 5 heteroatoms. The lowest BCUT2D eigenvalue weighted by Crippen LogP contribution is -2.16. The molecular formula is C21H22N4O. The highest BCUT2D eigenvalue weighted by Gasteiger charge is 2.12. The second-order valence-corrected chi connectivity index (χ2v) is 6.33. The number of rotatable bonds is 4. The Morgan fingerprint density at radius 1 is 0.846 bits per heavy atom. The first-order valence-electron chi connectivity index (χ1n) is 8.50. The molecule has 2 aromatic carbocycles. The summed E-state index contributed by atoms with van der Waals surface area (Å²) in [5.74, 6) is 0.880. The van der Waals surface area contributed by atoms with Crippen LogP contribution in [0.2, 0.25) is 0 Å². The Bertz CT molecular complexity index is 966. The highest BCUT2D eigenvalue weighted by atomic mass is 16.1. The molecule has 1 amide bonds. The maximum atomic E-state index is 12.6. The van der Waals surface area contributed by atoms with Gasteiger partial charge in [0.25, 0.3) is 5.91 Å². The minimum atomic E-state index is -0.256. The van der Waals surface area contributed by atoms with E-state index in [0.29, 0.717) is 17.3 Å². The van der Waals surface area contributed by atoms with Crippen molar-refractivity contribution in [3.05, 3.63) is 76.7 Å². The summed E-state index contributed by atoms with van der Waals surface area (Å²) in [6.07, 6.45) is 0. The van der Waals surface area contributed by atoms with Crippen LogP contribution in [0, 0.1) is 27.7 Å². The van der Waals surface area contributed by atoms with E-state index < -0.39 is 0 Å². The number of hydrogen-bond acceptors (Lipinski definition) is 4. The van der Waals surface area contributed by atoms with Crippen molar-refractivity contribution in [1.29, 1.82) is 0 Å². The number of hydrogen-bond donors (Lipinski definition) is 2. The fourth-order valence-corrected chi connectivity index (χ4v) is 2.67. The van der Waals surface area contributed by atoms with E-state index in [1.165, 1.54) is 5.56 Å². The van der Waals surface area contributed by atoms with E-state index in [0.717, 1.165) is 22.5 Å². The molecule has 0 spiro atoms. The number of anilines is 3.